The van der Waals surface area contributed by atoms with Gasteiger partial charge in [-0.2, -0.15) is 19.0 Å². The molecule has 2 aromatic carbocycles. The SMILES string of the molecule is Cc1ncnn1-c1cc([C@@H](COC(=O)CC2(C(C)F)CC2)N2C(=O)[C@@](CC(C)(C)C)(c3ccc(-c4cnn(C(F)F)c4)cc3)N=C2N)ccc1Cl. The van der Waals surface area contributed by atoms with E-state index in [9.17, 15) is 22.8 Å². The van der Waals surface area contributed by atoms with Gasteiger partial charge in [-0.3, -0.25) is 14.5 Å². The van der Waals surface area contributed by atoms with E-state index >= 15 is 0 Å². The first-order chi connectivity index (χ1) is 24.0. The highest BCUT2D eigenvalue weighted by Crippen LogP contribution is 2.53. The Bertz CT molecular complexity index is 1970. The lowest BCUT2D eigenvalue weighted by Gasteiger charge is -2.35. The van der Waals surface area contributed by atoms with Crippen molar-refractivity contribution in [1.82, 2.24) is 29.4 Å². The van der Waals surface area contributed by atoms with Crippen molar-refractivity contribution in [2.24, 2.45) is 21.6 Å². The van der Waals surface area contributed by atoms with E-state index in [-0.39, 0.29) is 25.4 Å². The Morgan fingerprint density at radius 2 is 1.78 bits per heavy atom. The fraction of sp³-hybridized carbons (Fsp3) is 0.444. The molecule has 2 aliphatic rings. The fourth-order valence-electron chi connectivity index (χ4n) is 6.75. The number of aromatic nitrogens is 5. The smallest absolute Gasteiger partial charge is 0.333 e. The number of alkyl halides is 3. The van der Waals surface area contributed by atoms with Crippen LogP contribution in [-0.4, -0.2) is 60.1 Å². The van der Waals surface area contributed by atoms with Gasteiger partial charge in [0.25, 0.3) is 5.91 Å². The Morgan fingerprint density at radius 3 is 2.35 bits per heavy atom. The molecule has 1 aliphatic carbocycles. The molecule has 3 heterocycles. The van der Waals surface area contributed by atoms with Crippen LogP contribution in [0.5, 0.6) is 0 Å². The van der Waals surface area contributed by atoms with E-state index in [2.05, 4.69) is 15.2 Å². The van der Waals surface area contributed by atoms with Gasteiger partial charge in [-0.25, -0.2) is 23.7 Å². The first kappa shape index (κ1) is 36.1. The van der Waals surface area contributed by atoms with E-state index in [1.165, 1.54) is 30.5 Å². The molecule has 0 radical (unpaired) electrons. The van der Waals surface area contributed by atoms with Gasteiger partial charge in [-0.05, 0) is 67.3 Å². The van der Waals surface area contributed by atoms with Crippen LogP contribution in [0.15, 0.2) is 66.2 Å². The molecule has 1 unspecified atom stereocenters. The first-order valence-corrected chi connectivity index (χ1v) is 17.0. The van der Waals surface area contributed by atoms with Crippen LogP contribution in [0.3, 0.4) is 0 Å². The predicted molar refractivity (Wildman–Crippen MR) is 185 cm³/mol. The van der Waals surface area contributed by atoms with E-state index in [1.54, 1.807) is 54.1 Å². The van der Waals surface area contributed by atoms with Crippen molar-refractivity contribution in [2.45, 2.75) is 84.6 Å². The third kappa shape index (κ3) is 7.10. The summed E-state index contributed by atoms with van der Waals surface area (Å²) in [5, 5.41) is 8.37. The number of ether oxygens (including phenoxy) is 1. The van der Waals surface area contributed by atoms with Crippen molar-refractivity contribution in [3.05, 3.63) is 83.2 Å². The summed E-state index contributed by atoms with van der Waals surface area (Å²) >= 11 is 6.61. The largest absolute Gasteiger partial charge is 0.463 e. The number of halogens is 4. The number of guanidine groups is 1. The Labute approximate surface area is 298 Å². The standard InChI is InChI=1S/C36H40ClF3N8O3/c1-21(38)35(12-13-35)15-30(49)51-18-29(24-8-11-27(37)28(14-24)48-22(2)42-20-44-48)47-31(50)36(45-33(47)41,19-34(3,4)5)26-9-6-23(7-10-26)25-16-43-46(17-25)32(39)40/h6-11,14,16-17,20-21,29,32H,12-13,15,18-19H2,1-5H3,(H2,41,45)/t21?,29-,36-/m1/s1. The summed E-state index contributed by atoms with van der Waals surface area (Å²) in [4.78, 5) is 38.5. The Morgan fingerprint density at radius 1 is 1.08 bits per heavy atom. The van der Waals surface area contributed by atoms with Crippen molar-refractivity contribution < 1.29 is 27.5 Å². The third-order valence-corrected chi connectivity index (χ3v) is 9.98. The summed E-state index contributed by atoms with van der Waals surface area (Å²) in [6.45, 7) is 6.08. The maximum absolute atomic E-state index is 15.0. The van der Waals surface area contributed by atoms with Crippen LogP contribution in [0, 0.1) is 17.8 Å². The van der Waals surface area contributed by atoms with Gasteiger partial charge in [-0.15, -0.1) is 0 Å². The van der Waals surface area contributed by atoms with E-state index < -0.39 is 47.0 Å². The highest BCUT2D eigenvalue weighted by Gasteiger charge is 2.54. The Hall–Kier alpha value is -4.72. The van der Waals surface area contributed by atoms with Gasteiger partial charge in [0, 0.05) is 17.2 Å². The molecule has 2 N–H and O–H groups in total. The summed E-state index contributed by atoms with van der Waals surface area (Å²) in [7, 11) is 0. The minimum absolute atomic E-state index is 0.0861. The van der Waals surface area contributed by atoms with Crippen LogP contribution in [0.2, 0.25) is 5.02 Å². The van der Waals surface area contributed by atoms with Crippen LogP contribution < -0.4 is 5.73 Å². The molecule has 1 amide bonds. The predicted octanol–water partition coefficient (Wildman–Crippen LogP) is 7.09. The Balaban J connectivity index is 1.39. The molecule has 0 spiro atoms. The van der Waals surface area contributed by atoms with Gasteiger partial charge in [-0.1, -0.05) is 62.7 Å². The number of amides is 1. The Kier molecular flexibility index (Phi) is 9.51. The molecule has 51 heavy (non-hydrogen) atoms. The highest BCUT2D eigenvalue weighted by molar-refractivity contribution is 6.32. The van der Waals surface area contributed by atoms with Crippen LogP contribution in [-0.2, 0) is 19.9 Å². The van der Waals surface area contributed by atoms with E-state index in [0.29, 0.717) is 56.3 Å². The monoisotopic (exact) mass is 724 g/mol. The van der Waals surface area contributed by atoms with Crippen molar-refractivity contribution in [3.8, 4) is 16.8 Å². The molecule has 3 atom stereocenters. The number of aliphatic imine (C=N–C) groups is 1. The van der Waals surface area contributed by atoms with Crippen molar-refractivity contribution >= 4 is 29.4 Å². The number of carbonyl (C=O) groups excluding carboxylic acids is 2. The summed E-state index contributed by atoms with van der Waals surface area (Å²) in [5.74, 6) is -0.549. The average molecular weight is 725 g/mol. The molecule has 6 rings (SSSR count). The van der Waals surface area contributed by atoms with E-state index in [1.807, 2.05) is 20.8 Å². The number of hydrogen-bond acceptors (Lipinski definition) is 8. The summed E-state index contributed by atoms with van der Waals surface area (Å²) < 4.78 is 48.6. The molecule has 1 fully saturated rings. The lowest BCUT2D eigenvalue weighted by Crippen LogP contribution is -2.47. The van der Waals surface area contributed by atoms with Crippen LogP contribution in [0.25, 0.3) is 16.8 Å². The zero-order valence-electron chi connectivity index (χ0n) is 29.0. The zero-order valence-corrected chi connectivity index (χ0v) is 29.7. The molecule has 2 aromatic heterocycles. The quantitative estimate of drug-likeness (QED) is 0.154. The second-order valence-electron chi connectivity index (χ2n) is 14.6. The number of nitrogens with zero attached hydrogens (tertiary/aromatic N) is 7. The van der Waals surface area contributed by atoms with Crippen LogP contribution >= 0.6 is 11.6 Å². The number of nitrogens with two attached hydrogens (primary N) is 1. The molecule has 1 aliphatic heterocycles. The second-order valence-corrected chi connectivity index (χ2v) is 15.0. The van der Waals surface area contributed by atoms with Gasteiger partial charge in [0.15, 0.2) is 11.5 Å². The van der Waals surface area contributed by atoms with Gasteiger partial charge >= 0.3 is 12.5 Å². The van der Waals surface area contributed by atoms with Gasteiger partial charge in [0.1, 0.15) is 24.9 Å². The lowest BCUT2D eigenvalue weighted by molar-refractivity contribution is -0.149. The average Bonchev–Trinajstić information content (AvgIpc) is 3.35. The normalized spacial score (nSPS) is 19.7. The summed E-state index contributed by atoms with van der Waals surface area (Å²) in [6.07, 6.45) is 4.16. The molecule has 11 nitrogen and oxygen atoms in total. The van der Waals surface area contributed by atoms with E-state index in [0.717, 1.165) is 0 Å². The fourth-order valence-corrected chi connectivity index (χ4v) is 6.95. The molecular weight excluding hydrogens is 685 g/mol. The number of aryl methyl sites for hydroxylation is 1. The minimum atomic E-state index is -2.78. The second kappa shape index (κ2) is 13.4. The summed E-state index contributed by atoms with van der Waals surface area (Å²) in [6, 6.07) is 11.0. The molecular formula is C36H40ClF3N8O3. The number of hydrogen-bond donors (Lipinski definition) is 1. The van der Waals surface area contributed by atoms with Crippen molar-refractivity contribution in [1.29, 1.82) is 0 Å². The minimum Gasteiger partial charge on any atom is -0.463 e. The zero-order chi connectivity index (χ0) is 36.9. The molecule has 4 aromatic rings. The highest BCUT2D eigenvalue weighted by atomic mass is 35.5. The number of carbonyl (C=O) groups is 2. The maximum atomic E-state index is 15.0. The molecule has 15 heteroatoms. The van der Waals surface area contributed by atoms with Gasteiger partial charge in [0.05, 0.1) is 29.4 Å². The molecule has 270 valence electrons. The third-order valence-electron chi connectivity index (χ3n) is 9.66. The summed E-state index contributed by atoms with van der Waals surface area (Å²) in [5.41, 5.74) is 6.68. The van der Waals surface area contributed by atoms with Crippen LogP contribution in [0.4, 0.5) is 13.2 Å². The van der Waals surface area contributed by atoms with E-state index in [4.69, 9.17) is 27.1 Å². The van der Waals surface area contributed by atoms with Gasteiger partial charge in [0.2, 0.25) is 0 Å². The first-order valence-electron chi connectivity index (χ1n) is 16.6. The maximum Gasteiger partial charge on any atom is 0.333 e. The molecule has 1 saturated carbocycles. The molecule has 0 bridgehead atoms. The van der Waals surface area contributed by atoms with Crippen LogP contribution in [0.1, 0.15) is 82.9 Å². The number of rotatable bonds is 12. The topological polar surface area (TPSA) is 134 Å². The van der Waals surface area contributed by atoms with Crippen molar-refractivity contribution in [3.63, 3.8) is 0 Å². The number of benzene rings is 2. The number of esters is 1. The lowest BCUT2D eigenvalue weighted by atomic mass is 9.75. The van der Waals surface area contributed by atoms with Crippen molar-refractivity contribution in [2.75, 3.05) is 6.61 Å². The molecule has 0 saturated heterocycles. The van der Waals surface area contributed by atoms with Gasteiger partial charge < -0.3 is 10.5 Å².